The summed E-state index contributed by atoms with van der Waals surface area (Å²) in [6, 6.07) is 6.35. The molecule has 8 nitrogen and oxygen atoms in total. The van der Waals surface area contributed by atoms with Crippen LogP contribution in [0.4, 0.5) is 0 Å². The van der Waals surface area contributed by atoms with Gasteiger partial charge < -0.3 is 14.6 Å². The molecule has 0 aliphatic carbocycles. The topological polar surface area (TPSA) is 110 Å². The Morgan fingerprint density at radius 2 is 2.30 bits per heavy atom. The van der Waals surface area contributed by atoms with Crippen LogP contribution in [0.2, 0.25) is 5.02 Å². The molecule has 1 atom stereocenters. The van der Waals surface area contributed by atoms with Crippen molar-refractivity contribution in [3.05, 3.63) is 46.7 Å². The van der Waals surface area contributed by atoms with Gasteiger partial charge in [-0.2, -0.15) is 15.3 Å². The van der Waals surface area contributed by atoms with Crippen molar-refractivity contribution in [3.63, 3.8) is 0 Å². The molecule has 1 unspecified atom stereocenters. The highest BCUT2D eigenvalue weighted by atomic mass is 35.5. The monoisotopic (exact) mass is 384 g/mol. The molecule has 0 spiro atoms. The Balaban J connectivity index is 1.81. The molecule has 3 heterocycles. The average Bonchev–Trinajstić information content (AvgIpc) is 3.31. The van der Waals surface area contributed by atoms with Crippen LogP contribution < -0.4 is 4.74 Å². The van der Waals surface area contributed by atoms with Crippen molar-refractivity contribution in [1.82, 2.24) is 14.6 Å². The number of carboxylic acids is 1. The molecule has 136 valence electrons. The summed E-state index contributed by atoms with van der Waals surface area (Å²) in [5, 5.41) is 23.0. The summed E-state index contributed by atoms with van der Waals surface area (Å²) in [6.45, 7) is 1.10. The number of ether oxygens (including phenoxy) is 2. The molecule has 0 bridgehead atoms. The van der Waals surface area contributed by atoms with E-state index in [1.807, 2.05) is 6.07 Å². The second-order valence-electron chi connectivity index (χ2n) is 6.04. The van der Waals surface area contributed by atoms with E-state index in [0.717, 1.165) is 6.42 Å². The van der Waals surface area contributed by atoms with Crippen molar-refractivity contribution in [2.24, 2.45) is 0 Å². The van der Waals surface area contributed by atoms with Crippen LogP contribution in [0.15, 0.2) is 30.6 Å². The van der Waals surface area contributed by atoms with E-state index in [1.165, 1.54) is 16.6 Å². The summed E-state index contributed by atoms with van der Waals surface area (Å²) in [5.41, 5.74) is 1.78. The highest BCUT2D eigenvalue weighted by Gasteiger charge is 2.21. The zero-order chi connectivity index (χ0) is 19.0. The number of hydrogen-bond donors (Lipinski definition) is 1. The third-order valence-electron chi connectivity index (χ3n) is 4.20. The predicted octanol–water partition coefficient (Wildman–Crippen LogP) is 2.79. The first-order valence-electron chi connectivity index (χ1n) is 8.12. The van der Waals surface area contributed by atoms with E-state index in [2.05, 4.69) is 10.1 Å². The third kappa shape index (κ3) is 3.30. The van der Waals surface area contributed by atoms with Crippen molar-refractivity contribution < 1.29 is 19.4 Å². The Bertz CT molecular complexity index is 1080. The molecule has 3 aromatic rings. The van der Waals surface area contributed by atoms with Crippen LogP contribution >= 0.6 is 11.6 Å². The molecule has 1 aliphatic heterocycles. The number of aromatic nitrogens is 3. The molecular formula is C18H13ClN4O4. The van der Waals surface area contributed by atoms with Crippen molar-refractivity contribution in [3.8, 4) is 23.1 Å². The average molecular weight is 385 g/mol. The molecule has 0 radical (unpaired) electrons. The van der Waals surface area contributed by atoms with Crippen molar-refractivity contribution >= 4 is 23.2 Å². The van der Waals surface area contributed by atoms with Gasteiger partial charge in [-0.3, -0.25) is 0 Å². The van der Waals surface area contributed by atoms with Crippen molar-refractivity contribution in [1.29, 1.82) is 5.26 Å². The Morgan fingerprint density at radius 1 is 1.44 bits per heavy atom. The van der Waals surface area contributed by atoms with Gasteiger partial charge in [-0.15, -0.1) is 0 Å². The number of hydrogen-bond acceptors (Lipinski definition) is 6. The Labute approximate surface area is 158 Å². The molecule has 0 saturated carbocycles. The number of halogens is 1. The van der Waals surface area contributed by atoms with Crippen molar-refractivity contribution in [2.75, 3.05) is 13.2 Å². The van der Waals surface area contributed by atoms with Gasteiger partial charge in [0.15, 0.2) is 5.65 Å². The lowest BCUT2D eigenvalue weighted by Crippen LogP contribution is -2.17. The minimum Gasteiger partial charge on any atom is -0.478 e. The number of carbonyl (C=O) groups is 1. The van der Waals surface area contributed by atoms with Gasteiger partial charge in [0.1, 0.15) is 11.1 Å². The molecule has 0 amide bonds. The van der Waals surface area contributed by atoms with Gasteiger partial charge in [-0.05, 0) is 23.8 Å². The first-order valence-corrected chi connectivity index (χ1v) is 8.50. The quantitative estimate of drug-likeness (QED) is 0.736. The van der Waals surface area contributed by atoms with E-state index < -0.39 is 5.97 Å². The molecule has 1 N–H and O–H groups in total. The number of rotatable bonds is 4. The fourth-order valence-electron chi connectivity index (χ4n) is 2.89. The lowest BCUT2D eigenvalue weighted by Gasteiger charge is -2.12. The lowest BCUT2D eigenvalue weighted by atomic mass is 10.0. The van der Waals surface area contributed by atoms with E-state index >= 15 is 0 Å². The van der Waals surface area contributed by atoms with Crippen LogP contribution in [0, 0.1) is 11.3 Å². The van der Waals surface area contributed by atoms with Gasteiger partial charge in [0.2, 0.25) is 5.88 Å². The Kier molecular flexibility index (Phi) is 4.39. The van der Waals surface area contributed by atoms with Gasteiger partial charge in [-0.25, -0.2) is 9.31 Å². The minimum absolute atomic E-state index is 0.0111. The summed E-state index contributed by atoms with van der Waals surface area (Å²) < 4.78 is 12.6. The summed E-state index contributed by atoms with van der Waals surface area (Å²) >= 11 is 6.24. The SMILES string of the molecule is N#Cc1cc(C(=O)O)cc(-c2cnn3cc(Cl)c(OC4CCOC4)nc23)c1. The zero-order valence-corrected chi connectivity index (χ0v) is 14.7. The zero-order valence-electron chi connectivity index (χ0n) is 13.9. The lowest BCUT2D eigenvalue weighted by molar-refractivity contribution is 0.0697. The van der Waals surface area contributed by atoms with E-state index in [0.29, 0.717) is 35.0 Å². The van der Waals surface area contributed by atoms with Gasteiger partial charge in [-0.1, -0.05) is 11.6 Å². The molecule has 1 aromatic carbocycles. The maximum absolute atomic E-state index is 11.4. The van der Waals surface area contributed by atoms with Crippen molar-refractivity contribution in [2.45, 2.75) is 12.5 Å². The molecule has 9 heteroatoms. The molecule has 2 aromatic heterocycles. The Hall–Kier alpha value is -3.15. The van der Waals surface area contributed by atoms with Gasteiger partial charge in [0, 0.05) is 12.0 Å². The maximum Gasteiger partial charge on any atom is 0.335 e. The second kappa shape index (κ2) is 6.87. The molecule has 1 fully saturated rings. The maximum atomic E-state index is 11.4. The van der Waals surface area contributed by atoms with E-state index in [9.17, 15) is 15.2 Å². The number of nitrogens with zero attached hydrogens (tertiary/aromatic N) is 4. The standard InChI is InChI=1S/C18H13ClN4O4/c19-15-8-23-16(22-17(15)27-13-1-2-26-9-13)14(7-21-23)11-3-10(6-20)4-12(5-11)18(24)25/h3-5,7-8,13H,1-2,9H2,(H,24,25). The summed E-state index contributed by atoms with van der Waals surface area (Å²) in [4.78, 5) is 15.8. The normalized spacial score (nSPS) is 16.4. The first-order chi connectivity index (χ1) is 13.0. The fourth-order valence-corrected chi connectivity index (χ4v) is 3.07. The van der Waals surface area contributed by atoms with Gasteiger partial charge in [0.05, 0.1) is 42.8 Å². The third-order valence-corrected chi connectivity index (χ3v) is 4.46. The molecular weight excluding hydrogens is 372 g/mol. The summed E-state index contributed by atoms with van der Waals surface area (Å²) in [6.07, 6.45) is 3.75. The first kappa shape index (κ1) is 17.3. The van der Waals surface area contributed by atoms with Gasteiger partial charge >= 0.3 is 5.97 Å². The highest BCUT2D eigenvalue weighted by Crippen LogP contribution is 2.30. The van der Waals surface area contributed by atoms with Crippen LogP contribution in [-0.2, 0) is 4.74 Å². The number of nitriles is 1. The van der Waals surface area contributed by atoms with Gasteiger partial charge in [0.25, 0.3) is 0 Å². The fraction of sp³-hybridized carbons (Fsp3) is 0.222. The number of fused-ring (bicyclic) bond motifs is 1. The molecule has 1 saturated heterocycles. The molecule has 4 rings (SSSR count). The second-order valence-corrected chi connectivity index (χ2v) is 6.45. The summed E-state index contributed by atoms with van der Waals surface area (Å²) in [5.74, 6) is -0.859. The minimum atomic E-state index is -1.12. The van der Waals surface area contributed by atoms with E-state index in [4.69, 9.17) is 21.1 Å². The van der Waals surface area contributed by atoms with Crippen LogP contribution in [0.25, 0.3) is 16.8 Å². The van der Waals surface area contributed by atoms with E-state index in [-0.39, 0.29) is 23.1 Å². The Morgan fingerprint density at radius 3 is 3.00 bits per heavy atom. The smallest absolute Gasteiger partial charge is 0.335 e. The molecule has 27 heavy (non-hydrogen) atoms. The number of aromatic carboxylic acids is 1. The summed E-state index contributed by atoms with van der Waals surface area (Å²) in [7, 11) is 0. The van der Waals surface area contributed by atoms with Crippen LogP contribution in [-0.4, -0.2) is 45.0 Å². The molecule has 1 aliphatic rings. The predicted molar refractivity (Wildman–Crippen MR) is 95.0 cm³/mol. The number of carboxylic acid groups (broad SMARTS) is 1. The van der Waals surface area contributed by atoms with Crippen LogP contribution in [0.1, 0.15) is 22.3 Å². The van der Waals surface area contributed by atoms with Crippen LogP contribution in [0.5, 0.6) is 5.88 Å². The number of benzene rings is 1. The highest BCUT2D eigenvalue weighted by molar-refractivity contribution is 6.31. The largest absolute Gasteiger partial charge is 0.478 e. The van der Waals surface area contributed by atoms with Crippen LogP contribution in [0.3, 0.4) is 0 Å². The van der Waals surface area contributed by atoms with E-state index in [1.54, 1.807) is 18.5 Å².